The summed E-state index contributed by atoms with van der Waals surface area (Å²) in [6.45, 7) is 2.50. The molecule has 0 saturated heterocycles. The second kappa shape index (κ2) is 71.8. The van der Waals surface area contributed by atoms with Crippen LogP contribution in [0.5, 0.6) is 0 Å². The lowest BCUT2D eigenvalue weighted by Gasteiger charge is -2.21. The van der Waals surface area contributed by atoms with Crippen LogP contribution in [0.2, 0.25) is 0 Å². The predicted octanol–water partition coefficient (Wildman–Crippen LogP) is 21.8. The molecule has 0 aliphatic rings. The van der Waals surface area contributed by atoms with Crippen LogP contribution in [0, 0.1) is 0 Å². The minimum atomic E-state index is -4.93. The molecule has 0 heterocycles. The van der Waals surface area contributed by atoms with Gasteiger partial charge in [0.05, 0.1) is 26.4 Å². The number of phosphoric acid groups is 2. The average molecular weight is 1400 g/mol. The first kappa shape index (κ1) is 93.0. The number of unbranched alkanes of at least 4 members (excludes halogenated alkanes) is 28. The Morgan fingerprint density at radius 2 is 0.546 bits per heavy atom. The third-order valence-corrected chi connectivity index (χ3v) is 17.5. The van der Waals surface area contributed by atoms with E-state index in [1.165, 1.54) is 77.0 Å². The third-order valence-electron chi connectivity index (χ3n) is 15.6. The van der Waals surface area contributed by atoms with E-state index in [2.05, 4.69) is 142 Å². The first-order valence-corrected chi connectivity index (χ1v) is 40.8. The molecule has 0 aromatic heterocycles. The summed E-state index contributed by atoms with van der Waals surface area (Å²) in [5.74, 6) is -1.60. The van der Waals surface area contributed by atoms with Crippen molar-refractivity contribution in [1.29, 1.82) is 0 Å². The highest BCUT2D eigenvalue weighted by atomic mass is 31.2. The Balaban J connectivity index is 4.58. The van der Waals surface area contributed by atoms with Crippen molar-refractivity contribution in [1.82, 2.24) is 0 Å². The van der Waals surface area contributed by atoms with Gasteiger partial charge in [-0.15, -0.1) is 0 Å². The molecule has 0 rings (SSSR count). The van der Waals surface area contributed by atoms with Gasteiger partial charge in [-0.3, -0.25) is 32.5 Å². The van der Waals surface area contributed by atoms with Crippen LogP contribution < -0.4 is 0 Å². The lowest BCUT2D eigenvalue weighted by molar-refractivity contribution is -0.161. The monoisotopic (exact) mass is 1400 g/mol. The Morgan fingerprint density at radius 3 is 0.897 bits per heavy atom. The normalized spacial score (nSPS) is 14.8. The Morgan fingerprint density at radius 1 is 0.299 bits per heavy atom. The first-order chi connectivity index (χ1) is 47.2. The molecule has 18 heteroatoms. The number of hydrogen-bond acceptors (Lipinski definition) is 14. The number of allylic oxidation sites excluding steroid dienone is 20. The summed E-state index contributed by atoms with van der Waals surface area (Å²) in [5, 5.41) is 20.6. The maximum atomic E-state index is 12.9. The van der Waals surface area contributed by atoms with Gasteiger partial charge in [-0.25, -0.2) is 9.13 Å². The fourth-order valence-corrected chi connectivity index (χ4v) is 11.5. The number of hydrogen-bond donors (Lipinski definition) is 4. The van der Waals surface area contributed by atoms with Gasteiger partial charge in [-0.2, -0.15) is 0 Å². The molecule has 0 aliphatic carbocycles. The fraction of sp³-hybridized carbons (Fsp3) is 0.709. The fourth-order valence-electron chi connectivity index (χ4n) is 9.87. The summed E-state index contributed by atoms with van der Waals surface area (Å²) in [5.41, 5.74) is 0. The number of esters is 3. The van der Waals surface area contributed by atoms with Crippen molar-refractivity contribution < 1.29 is 75.8 Å². The SMILES string of the molecule is CC/C=C\C/C=C\C/C=C\C/C=C\C/C=C\CCCCCCCCCCCC(=O)OCC(O)COP(=O)(O)OCC(O)COP(=O)(O)OCC(COC(=O)CCCCCCCCC/C=C\C/C=C\C/C=C\C/C=C\CCCCC)OC(=O)CCCCCCC/C=C\CCCCCC. The molecule has 4 N–H and O–H groups in total. The molecule has 97 heavy (non-hydrogen) atoms. The zero-order chi connectivity index (χ0) is 70.9. The van der Waals surface area contributed by atoms with E-state index in [4.69, 9.17) is 32.3 Å². The largest absolute Gasteiger partial charge is 0.472 e. The van der Waals surface area contributed by atoms with Gasteiger partial charge in [0.25, 0.3) is 0 Å². The zero-order valence-electron chi connectivity index (χ0n) is 60.7. The van der Waals surface area contributed by atoms with Crippen molar-refractivity contribution >= 4 is 33.6 Å². The molecular weight excluding hydrogens is 1270 g/mol. The summed E-state index contributed by atoms with van der Waals surface area (Å²) < 4.78 is 61.0. The third kappa shape index (κ3) is 73.0. The summed E-state index contributed by atoms with van der Waals surface area (Å²) in [6, 6.07) is 0. The zero-order valence-corrected chi connectivity index (χ0v) is 62.5. The number of ether oxygens (including phenoxy) is 3. The van der Waals surface area contributed by atoms with Gasteiger partial charge >= 0.3 is 33.6 Å². The van der Waals surface area contributed by atoms with Gasteiger partial charge in [0.1, 0.15) is 25.4 Å². The molecule has 0 radical (unpaired) electrons. The molecule has 0 bridgehead atoms. The highest BCUT2D eigenvalue weighted by molar-refractivity contribution is 7.47. The second-order valence-corrected chi connectivity index (χ2v) is 28.0. The van der Waals surface area contributed by atoms with E-state index in [0.29, 0.717) is 19.3 Å². The molecule has 558 valence electrons. The quantitative estimate of drug-likeness (QED) is 0.0146. The highest BCUT2D eigenvalue weighted by Gasteiger charge is 2.29. The maximum Gasteiger partial charge on any atom is 0.472 e. The van der Waals surface area contributed by atoms with Gasteiger partial charge in [0.15, 0.2) is 6.10 Å². The average Bonchev–Trinajstić information content (AvgIpc) is 1.58. The van der Waals surface area contributed by atoms with Crippen LogP contribution >= 0.6 is 15.6 Å². The maximum absolute atomic E-state index is 12.9. The van der Waals surface area contributed by atoms with E-state index >= 15 is 0 Å². The minimum absolute atomic E-state index is 0.0903. The number of carbonyl (C=O) groups is 3. The van der Waals surface area contributed by atoms with Crippen LogP contribution in [-0.4, -0.2) is 95.9 Å². The standard InChI is InChI=1S/C79H136O16P2/c1-4-7-10-13-16-19-22-25-27-29-31-33-35-36-38-40-41-43-45-48-50-53-56-59-62-65-77(82)89-68-74(80)69-91-96(85,86)92-70-75(81)71-93-97(87,88)94-73-76(95-79(84)67-64-61-58-55-52-47-24-21-18-15-12-9-6-3)72-90-78(83)66-63-60-57-54-51-49-46-44-42-39-37-34-32-30-28-26-23-20-17-14-11-8-5-2/h7,10,16-17,19-21,24-28,31-34,36,38-39,42,74-76,80-81H,4-6,8-9,11-15,18,22-23,29-30,35,37,40-41,43-73H2,1-3H3,(H,85,86)(H,87,88)/b10-7-,19-16-,20-17-,24-21-,27-25-,28-26-,33-31-,34-32-,38-36-,42-39-. The van der Waals surface area contributed by atoms with Crippen LogP contribution in [0.25, 0.3) is 0 Å². The Kier molecular flexibility index (Phi) is 68.8. The van der Waals surface area contributed by atoms with Crippen LogP contribution in [0.1, 0.15) is 303 Å². The Hall–Kier alpha value is -4.05. The molecule has 0 aliphatic heterocycles. The topological polar surface area (TPSA) is 231 Å². The summed E-state index contributed by atoms with van der Waals surface area (Å²) in [4.78, 5) is 58.5. The van der Waals surface area contributed by atoms with Crippen molar-refractivity contribution in [2.75, 3.05) is 39.6 Å². The predicted molar refractivity (Wildman–Crippen MR) is 399 cm³/mol. The lowest BCUT2D eigenvalue weighted by Crippen LogP contribution is -2.30. The molecule has 5 unspecified atom stereocenters. The van der Waals surface area contributed by atoms with Crippen molar-refractivity contribution in [2.24, 2.45) is 0 Å². The van der Waals surface area contributed by atoms with Crippen molar-refractivity contribution in [3.05, 3.63) is 122 Å². The number of rotatable bonds is 71. The van der Waals surface area contributed by atoms with Crippen LogP contribution in [-0.2, 0) is 55.8 Å². The van der Waals surface area contributed by atoms with E-state index in [0.717, 1.165) is 167 Å². The summed E-state index contributed by atoms with van der Waals surface area (Å²) in [6.07, 6.45) is 83.8. The van der Waals surface area contributed by atoms with Crippen molar-refractivity contribution in [2.45, 2.75) is 322 Å². The molecule has 0 aromatic rings. The summed E-state index contributed by atoms with van der Waals surface area (Å²) >= 11 is 0. The molecule has 0 amide bonds. The summed E-state index contributed by atoms with van der Waals surface area (Å²) in [7, 11) is -9.79. The number of aliphatic hydroxyl groups excluding tert-OH is 2. The molecule has 0 saturated carbocycles. The van der Waals surface area contributed by atoms with Gasteiger partial charge in [0.2, 0.25) is 0 Å². The Labute approximate surface area is 589 Å². The number of aliphatic hydroxyl groups is 2. The smallest absolute Gasteiger partial charge is 0.463 e. The van der Waals surface area contributed by atoms with Gasteiger partial charge in [0, 0.05) is 19.3 Å². The molecular formula is C79H136O16P2. The molecule has 0 aromatic carbocycles. The Bertz CT molecular complexity index is 2250. The minimum Gasteiger partial charge on any atom is -0.463 e. The van der Waals surface area contributed by atoms with Gasteiger partial charge in [-0.1, -0.05) is 271 Å². The number of phosphoric ester groups is 2. The van der Waals surface area contributed by atoms with Crippen LogP contribution in [0.3, 0.4) is 0 Å². The van der Waals surface area contributed by atoms with E-state index in [1.54, 1.807) is 0 Å². The van der Waals surface area contributed by atoms with Crippen molar-refractivity contribution in [3.8, 4) is 0 Å². The first-order valence-electron chi connectivity index (χ1n) is 37.8. The van der Waals surface area contributed by atoms with E-state index in [9.17, 15) is 43.5 Å². The van der Waals surface area contributed by atoms with E-state index in [-0.39, 0.29) is 19.3 Å². The van der Waals surface area contributed by atoms with Gasteiger partial charge in [-0.05, 0) is 135 Å². The molecule has 0 spiro atoms. The molecule has 5 atom stereocenters. The van der Waals surface area contributed by atoms with Crippen molar-refractivity contribution in [3.63, 3.8) is 0 Å². The lowest BCUT2D eigenvalue weighted by atomic mass is 10.1. The van der Waals surface area contributed by atoms with Crippen LogP contribution in [0.15, 0.2) is 122 Å². The van der Waals surface area contributed by atoms with E-state index < -0.39 is 91.5 Å². The molecule has 0 fully saturated rings. The number of carbonyl (C=O) groups excluding carboxylic acids is 3. The second-order valence-electron chi connectivity index (χ2n) is 25.1. The molecule has 16 nitrogen and oxygen atoms in total. The van der Waals surface area contributed by atoms with E-state index in [1.807, 2.05) is 0 Å². The van der Waals surface area contributed by atoms with Crippen LogP contribution in [0.4, 0.5) is 0 Å². The van der Waals surface area contributed by atoms with Gasteiger partial charge < -0.3 is 34.2 Å². The highest BCUT2D eigenvalue weighted by Crippen LogP contribution is 2.45.